The van der Waals surface area contributed by atoms with Crippen molar-refractivity contribution in [3.8, 4) is 0 Å². The van der Waals surface area contributed by atoms with E-state index in [2.05, 4.69) is 15.5 Å². The predicted octanol–water partition coefficient (Wildman–Crippen LogP) is 5.06. The number of carbonyl (C=O) groups excluding carboxylic acids is 2. The number of pyridine rings is 1. The molecule has 1 N–H and O–H groups in total. The van der Waals surface area contributed by atoms with Crippen LogP contribution in [0.15, 0.2) is 28.8 Å². The third-order valence-corrected chi connectivity index (χ3v) is 5.32. The van der Waals surface area contributed by atoms with Gasteiger partial charge >= 0.3 is 0 Å². The number of likely N-dealkylation sites (N-methyl/N-ethyl adjacent to an activating group) is 1. The highest BCUT2D eigenvalue weighted by atomic mass is 35.5. The number of benzene rings is 1. The Morgan fingerprint density at radius 3 is 2.50 bits per heavy atom. The summed E-state index contributed by atoms with van der Waals surface area (Å²) in [6.07, 6.45) is 0. The van der Waals surface area contributed by atoms with E-state index in [9.17, 15) is 9.59 Å². The molecule has 0 spiro atoms. The molecule has 3 rings (SSSR count). The van der Waals surface area contributed by atoms with Gasteiger partial charge in [-0.15, -0.1) is 0 Å². The second-order valence-electron chi connectivity index (χ2n) is 7.16. The van der Waals surface area contributed by atoms with Crippen molar-refractivity contribution in [3.63, 3.8) is 0 Å². The first-order valence-corrected chi connectivity index (χ1v) is 10.3. The Hall–Kier alpha value is -2.64. The van der Waals surface area contributed by atoms with Crippen molar-refractivity contribution in [2.75, 3.05) is 18.4 Å². The van der Waals surface area contributed by atoms with Gasteiger partial charge in [0.05, 0.1) is 32.4 Å². The Kier molecular flexibility index (Phi) is 6.63. The number of nitrogens with one attached hydrogen (secondary N) is 1. The van der Waals surface area contributed by atoms with Gasteiger partial charge in [-0.1, -0.05) is 48.3 Å². The zero-order chi connectivity index (χ0) is 22.0. The summed E-state index contributed by atoms with van der Waals surface area (Å²) in [4.78, 5) is 31.8. The number of halogens is 2. The van der Waals surface area contributed by atoms with Gasteiger partial charge in [0.25, 0.3) is 11.6 Å². The third kappa shape index (κ3) is 4.42. The van der Waals surface area contributed by atoms with Gasteiger partial charge in [0, 0.05) is 12.2 Å². The molecule has 3 aromatic rings. The summed E-state index contributed by atoms with van der Waals surface area (Å²) in [7, 11) is 0. The molecule has 158 valence electrons. The number of aryl methyl sites for hydroxylation is 1. The zero-order valence-electron chi connectivity index (χ0n) is 17.1. The normalized spacial score (nSPS) is 11.2. The molecule has 0 saturated heterocycles. The smallest absolute Gasteiger partial charge is 0.259 e. The molecular formula is C21H22Cl2N4O3. The molecule has 9 heteroatoms. The van der Waals surface area contributed by atoms with Crippen LogP contribution in [0.3, 0.4) is 0 Å². The Morgan fingerprint density at radius 2 is 1.90 bits per heavy atom. The Bertz CT molecular complexity index is 1090. The minimum atomic E-state index is -0.406. The van der Waals surface area contributed by atoms with E-state index in [1.165, 1.54) is 4.90 Å². The molecule has 0 fully saturated rings. The molecule has 7 nitrogen and oxygen atoms in total. The van der Waals surface area contributed by atoms with Gasteiger partial charge in [-0.3, -0.25) is 9.59 Å². The molecule has 0 saturated carbocycles. The summed E-state index contributed by atoms with van der Waals surface area (Å²) in [5, 5.41) is 7.82. The number of hydrogen-bond acceptors (Lipinski definition) is 5. The van der Waals surface area contributed by atoms with E-state index in [1.54, 1.807) is 38.1 Å². The van der Waals surface area contributed by atoms with Gasteiger partial charge < -0.3 is 14.7 Å². The third-order valence-electron chi connectivity index (χ3n) is 4.69. The van der Waals surface area contributed by atoms with Gasteiger partial charge in [0.2, 0.25) is 5.91 Å². The second-order valence-corrected chi connectivity index (χ2v) is 7.98. The lowest BCUT2D eigenvalue weighted by Crippen LogP contribution is -2.38. The summed E-state index contributed by atoms with van der Waals surface area (Å²) >= 11 is 12.2. The molecule has 2 aromatic heterocycles. The van der Waals surface area contributed by atoms with Crippen molar-refractivity contribution < 1.29 is 14.1 Å². The number of aromatic nitrogens is 2. The maximum atomic E-state index is 13.3. The highest BCUT2D eigenvalue weighted by Gasteiger charge is 2.25. The molecule has 0 aliphatic rings. The Morgan fingerprint density at radius 1 is 1.23 bits per heavy atom. The molecule has 1 aromatic carbocycles. The fraction of sp³-hybridized carbons (Fsp3) is 0.333. The summed E-state index contributed by atoms with van der Waals surface area (Å²) in [6, 6.07) is 6.68. The number of fused-ring (bicyclic) bond motifs is 1. The van der Waals surface area contributed by atoms with Gasteiger partial charge in [-0.05, 0) is 38.0 Å². The first-order valence-electron chi connectivity index (χ1n) is 9.53. The fourth-order valence-corrected chi connectivity index (χ4v) is 3.54. The van der Waals surface area contributed by atoms with Crippen molar-refractivity contribution in [1.82, 2.24) is 15.0 Å². The number of anilines is 1. The van der Waals surface area contributed by atoms with Crippen LogP contribution in [0, 0.1) is 6.92 Å². The zero-order valence-corrected chi connectivity index (χ0v) is 18.6. The first-order chi connectivity index (χ1) is 14.2. The summed E-state index contributed by atoms with van der Waals surface area (Å²) in [6.45, 7) is 7.67. The lowest BCUT2D eigenvalue weighted by molar-refractivity contribution is -0.116. The van der Waals surface area contributed by atoms with Crippen LogP contribution < -0.4 is 5.32 Å². The van der Waals surface area contributed by atoms with Gasteiger partial charge in [-0.2, -0.15) is 0 Å². The SMILES string of the molecule is CCN(CC(=O)Nc1c(Cl)cccc1Cl)C(=O)c1cc(C(C)C)nc2onc(C)c12. The maximum Gasteiger partial charge on any atom is 0.259 e. The van der Waals surface area contributed by atoms with E-state index in [1.807, 2.05) is 13.8 Å². The molecule has 0 radical (unpaired) electrons. The second kappa shape index (κ2) is 9.02. The summed E-state index contributed by atoms with van der Waals surface area (Å²) in [5.74, 6) is -0.623. The van der Waals surface area contributed by atoms with E-state index < -0.39 is 5.91 Å². The van der Waals surface area contributed by atoms with Crippen LogP contribution >= 0.6 is 23.2 Å². The average Bonchev–Trinajstić information content (AvgIpc) is 3.08. The van der Waals surface area contributed by atoms with Crippen LogP contribution in [0.25, 0.3) is 11.1 Å². The number of amides is 2. The van der Waals surface area contributed by atoms with Gasteiger partial charge in [-0.25, -0.2) is 4.98 Å². The highest BCUT2D eigenvalue weighted by Crippen LogP contribution is 2.30. The molecule has 0 bridgehead atoms. The topological polar surface area (TPSA) is 88.3 Å². The van der Waals surface area contributed by atoms with E-state index in [4.69, 9.17) is 27.7 Å². The predicted molar refractivity (Wildman–Crippen MR) is 117 cm³/mol. The van der Waals surface area contributed by atoms with E-state index in [0.29, 0.717) is 50.3 Å². The fourth-order valence-electron chi connectivity index (χ4n) is 3.05. The minimum absolute atomic E-state index is 0.0899. The first kappa shape index (κ1) is 22.1. The highest BCUT2D eigenvalue weighted by molar-refractivity contribution is 6.39. The summed E-state index contributed by atoms with van der Waals surface area (Å²) < 4.78 is 5.29. The van der Waals surface area contributed by atoms with Crippen LogP contribution in [-0.2, 0) is 4.79 Å². The molecule has 2 heterocycles. The van der Waals surface area contributed by atoms with E-state index in [-0.39, 0.29) is 18.4 Å². The Balaban J connectivity index is 1.89. The van der Waals surface area contributed by atoms with Gasteiger partial charge in [0.1, 0.15) is 6.54 Å². The van der Waals surface area contributed by atoms with E-state index in [0.717, 1.165) is 0 Å². The average molecular weight is 449 g/mol. The van der Waals surface area contributed by atoms with Crippen molar-refractivity contribution in [2.24, 2.45) is 0 Å². The number of rotatable bonds is 6. The van der Waals surface area contributed by atoms with Crippen molar-refractivity contribution in [2.45, 2.75) is 33.6 Å². The van der Waals surface area contributed by atoms with Crippen LogP contribution in [-0.4, -0.2) is 39.9 Å². The Labute approximate surface area is 184 Å². The lowest BCUT2D eigenvalue weighted by atomic mass is 10.0. The number of carbonyl (C=O) groups is 2. The van der Waals surface area contributed by atoms with Crippen LogP contribution in [0.4, 0.5) is 5.69 Å². The van der Waals surface area contributed by atoms with Crippen LogP contribution in [0.2, 0.25) is 10.0 Å². The van der Waals surface area contributed by atoms with Crippen molar-refractivity contribution in [1.29, 1.82) is 0 Å². The minimum Gasteiger partial charge on any atom is -0.336 e. The molecule has 0 unspecified atom stereocenters. The molecule has 0 atom stereocenters. The number of para-hydroxylation sites is 1. The molecule has 2 amide bonds. The molecule has 30 heavy (non-hydrogen) atoms. The van der Waals surface area contributed by atoms with Crippen LogP contribution in [0.1, 0.15) is 48.4 Å². The standard InChI is InChI=1S/C21H22Cl2N4O3/c1-5-27(10-17(28)25-19-14(22)7-6-8-15(19)23)21(29)13-9-16(11(2)3)24-20-18(13)12(4)26-30-20/h6-9,11H,5,10H2,1-4H3,(H,25,28). The monoisotopic (exact) mass is 448 g/mol. The largest absolute Gasteiger partial charge is 0.336 e. The van der Waals surface area contributed by atoms with Crippen molar-refractivity contribution in [3.05, 3.63) is 51.3 Å². The molecule has 0 aliphatic carbocycles. The maximum absolute atomic E-state index is 13.3. The van der Waals surface area contributed by atoms with Crippen LogP contribution in [0.5, 0.6) is 0 Å². The lowest BCUT2D eigenvalue weighted by Gasteiger charge is -2.21. The quantitative estimate of drug-likeness (QED) is 0.568. The van der Waals surface area contributed by atoms with Crippen molar-refractivity contribution >= 4 is 51.8 Å². The van der Waals surface area contributed by atoms with E-state index >= 15 is 0 Å². The van der Waals surface area contributed by atoms with Gasteiger partial charge in [0.15, 0.2) is 0 Å². The number of nitrogens with zero attached hydrogens (tertiary/aromatic N) is 3. The molecular weight excluding hydrogens is 427 g/mol. The molecule has 0 aliphatic heterocycles. The summed E-state index contributed by atoms with van der Waals surface area (Å²) in [5.41, 5.74) is 2.32. The number of hydrogen-bond donors (Lipinski definition) is 1.